The van der Waals surface area contributed by atoms with E-state index in [-0.39, 0.29) is 5.91 Å². The van der Waals surface area contributed by atoms with E-state index >= 15 is 0 Å². The highest BCUT2D eigenvalue weighted by Gasteiger charge is 2.17. The minimum Gasteiger partial charge on any atom is -0.361 e. The van der Waals surface area contributed by atoms with Crippen LogP contribution in [0.4, 0.5) is 0 Å². The molecule has 0 radical (unpaired) electrons. The molecule has 0 bridgehead atoms. The lowest BCUT2D eigenvalue weighted by molar-refractivity contribution is 0.0941. The molecule has 1 aromatic rings. The number of hydrogen-bond donors (Lipinski definition) is 1. The zero-order chi connectivity index (χ0) is 12.3. The van der Waals surface area contributed by atoms with Gasteiger partial charge in [0.25, 0.3) is 5.91 Å². The van der Waals surface area contributed by atoms with E-state index in [2.05, 4.69) is 10.5 Å². The molecule has 1 atom stereocenters. The van der Waals surface area contributed by atoms with Gasteiger partial charge in [-0.1, -0.05) is 5.16 Å². The van der Waals surface area contributed by atoms with Crippen LogP contribution in [-0.4, -0.2) is 42.6 Å². The molecule has 0 spiro atoms. The largest absolute Gasteiger partial charge is 0.361 e. The number of amides is 1. The van der Waals surface area contributed by atoms with Crippen molar-refractivity contribution in [2.75, 3.05) is 20.6 Å². The van der Waals surface area contributed by atoms with Crippen molar-refractivity contribution in [3.05, 3.63) is 17.0 Å². The van der Waals surface area contributed by atoms with Gasteiger partial charge in [-0.25, -0.2) is 0 Å². The Morgan fingerprint density at radius 2 is 2.12 bits per heavy atom. The highest BCUT2D eigenvalue weighted by molar-refractivity contribution is 5.96. The Bertz CT molecular complexity index is 352. The van der Waals surface area contributed by atoms with E-state index in [1.165, 1.54) is 0 Å². The molecule has 0 aromatic carbocycles. The smallest absolute Gasteiger partial charge is 0.256 e. The first-order valence-electron chi connectivity index (χ1n) is 5.31. The molecule has 0 fully saturated rings. The molecular formula is C11H19N3O2. The Hall–Kier alpha value is -1.36. The van der Waals surface area contributed by atoms with Crippen LogP contribution >= 0.6 is 0 Å². The van der Waals surface area contributed by atoms with Gasteiger partial charge in [-0.15, -0.1) is 0 Å². The summed E-state index contributed by atoms with van der Waals surface area (Å²) < 4.78 is 4.95. The van der Waals surface area contributed by atoms with Crippen LogP contribution in [0.1, 0.15) is 28.7 Å². The SMILES string of the molecule is Cc1noc(C)c1C(=O)NC[C@@H](C)N(C)C. The molecule has 1 rings (SSSR count). The van der Waals surface area contributed by atoms with E-state index in [1.54, 1.807) is 13.8 Å². The van der Waals surface area contributed by atoms with Crippen LogP contribution in [-0.2, 0) is 0 Å². The first-order chi connectivity index (χ1) is 7.43. The topological polar surface area (TPSA) is 58.4 Å². The molecule has 0 aliphatic carbocycles. The lowest BCUT2D eigenvalue weighted by Gasteiger charge is -2.19. The number of nitrogens with zero attached hydrogens (tertiary/aromatic N) is 2. The van der Waals surface area contributed by atoms with E-state index in [4.69, 9.17) is 4.52 Å². The molecule has 0 saturated heterocycles. The third-order valence-electron chi connectivity index (χ3n) is 2.70. The van der Waals surface area contributed by atoms with Gasteiger partial charge in [0.1, 0.15) is 11.3 Å². The minimum absolute atomic E-state index is 0.120. The third kappa shape index (κ3) is 2.82. The van der Waals surface area contributed by atoms with Crippen LogP contribution in [0.5, 0.6) is 0 Å². The summed E-state index contributed by atoms with van der Waals surface area (Å²) in [5, 5.41) is 6.62. The highest BCUT2D eigenvalue weighted by Crippen LogP contribution is 2.11. The lowest BCUT2D eigenvalue weighted by atomic mass is 10.2. The number of hydrogen-bond acceptors (Lipinski definition) is 4. The number of aromatic nitrogens is 1. The van der Waals surface area contributed by atoms with Crippen LogP contribution in [0.15, 0.2) is 4.52 Å². The molecule has 1 amide bonds. The van der Waals surface area contributed by atoms with Crippen LogP contribution in [0.25, 0.3) is 0 Å². The van der Waals surface area contributed by atoms with Gasteiger partial charge in [0.05, 0.1) is 5.69 Å². The maximum absolute atomic E-state index is 11.8. The Kier molecular flexibility index (Phi) is 4.06. The number of aryl methyl sites for hydroxylation is 2. The molecular weight excluding hydrogens is 206 g/mol. The van der Waals surface area contributed by atoms with Crippen LogP contribution in [0.2, 0.25) is 0 Å². The second-order valence-corrected chi connectivity index (χ2v) is 4.22. The zero-order valence-electron chi connectivity index (χ0n) is 10.5. The van der Waals surface area contributed by atoms with Crippen molar-refractivity contribution in [3.63, 3.8) is 0 Å². The summed E-state index contributed by atoms with van der Waals surface area (Å²) in [6.45, 7) is 6.16. The molecule has 1 heterocycles. The highest BCUT2D eigenvalue weighted by atomic mass is 16.5. The van der Waals surface area contributed by atoms with E-state index in [1.807, 2.05) is 25.9 Å². The fraction of sp³-hybridized carbons (Fsp3) is 0.636. The van der Waals surface area contributed by atoms with Crippen molar-refractivity contribution in [1.82, 2.24) is 15.4 Å². The number of likely N-dealkylation sites (N-methyl/N-ethyl adjacent to an activating group) is 1. The molecule has 5 heteroatoms. The Balaban J connectivity index is 2.60. The van der Waals surface area contributed by atoms with Crippen LogP contribution in [0, 0.1) is 13.8 Å². The summed E-state index contributed by atoms with van der Waals surface area (Å²) in [6, 6.07) is 0.296. The summed E-state index contributed by atoms with van der Waals surface area (Å²) in [4.78, 5) is 13.9. The predicted octanol–water partition coefficient (Wildman–Crippen LogP) is 0.971. The van der Waals surface area contributed by atoms with Gasteiger partial charge in [0.15, 0.2) is 0 Å². The average Bonchev–Trinajstić information content (AvgIpc) is 2.54. The number of carbonyl (C=O) groups excluding carboxylic acids is 1. The van der Waals surface area contributed by atoms with E-state index in [0.29, 0.717) is 29.6 Å². The zero-order valence-corrected chi connectivity index (χ0v) is 10.5. The molecule has 0 aliphatic heterocycles. The van der Waals surface area contributed by atoms with Gasteiger partial charge >= 0.3 is 0 Å². The lowest BCUT2D eigenvalue weighted by Crippen LogP contribution is -2.38. The van der Waals surface area contributed by atoms with Crippen LogP contribution in [0.3, 0.4) is 0 Å². The fourth-order valence-corrected chi connectivity index (χ4v) is 1.32. The molecule has 1 N–H and O–H groups in total. The fourth-order valence-electron chi connectivity index (χ4n) is 1.32. The normalized spacial score (nSPS) is 12.9. The molecule has 0 unspecified atom stereocenters. The standard InChI is InChI=1S/C11H19N3O2/c1-7(14(4)5)6-12-11(15)10-8(2)13-16-9(10)3/h7H,6H2,1-5H3,(H,12,15)/t7-/m1/s1. The molecule has 0 aliphatic rings. The second kappa shape index (κ2) is 5.12. The van der Waals surface area contributed by atoms with Crippen LogP contribution < -0.4 is 5.32 Å². The first kappa shape index (κ1) is 12.7. The second-order valence-electron chi connectivity index (χ2n) is 4.22. The molecule has 0 saturated carbocycles. The molecule has 1 aromatic heterocycles. The average molecular weight is 225 g/mol. The number of nitrogens with one attached hydrogen (secondary N) is 1. The van der Waals surface area contributed by atoms with Crippen molar-refractivity contribution in [2.24, 2.45) is 0 Å². The maximum atomic E-state index is 11.8. The van der Waals surface area contributed by atoms with Gasteiger partial charge in [-0.3, -0.25) is 4.79 Å². The number of carbonyl (C=O) groups is 1. The van der Waals surface area contributed by atoms with Gasteiger partial charge in [-0.2, -0.15) is 0 Å². The summed E-state index contributed by atoms with van der Waals surface area (Å²) in [7, 11) is 3.96. The van der Waals surface area contributed by atoms with Gasteiger partial charge in [-0.05, 0) is 34.9 Å². The first-order valence-corrected chi connectivity index (χ1v) is 5.31. The monoisotopic (exact) mass is 225 g/mol. The van der Waals surface area contributed by atoms with Crippen molar-refractivity contribution < 1.29 is 9.32 Å². The Morgan fingerprint density at radius 3 is 2.56 bits per heavy atom. The summed E-state index contributed by atoms with van der Waals surface area (Å²) >= 11 is 0. The number of rotatable bonds is 4. The quantitative estimate of drug-likeness (QED) is 0.829. The predicted molar refractivity (Wildman–Crippen MR) is 61.5 cm³/mol. The minimum atomic E-state index is -0.120. The molecule has 16 heavy (non-hydrogen) atoms. The third-order valence-corrected chi connectivity index (χ3v) is 2.70. The molecule has 5 nitrogen and oxygen atoms in total. The van der Waals surface area contributed by atoms with E-state index in [0.717, 1.165) is 0 Å². The maximum Gasteiger partial charge on any atom is 0.256 e. The van der Waals surface area contributed by atoms with Gasteiger partial charge in [0, 0.05) is 12.6 Å². The van der Waals surface area contributed by atoms with Crippen molar-refractivity contribution in [1.29, 1.82) is 0 Å². The van der Waals surface area contributed by atoms with Gasteiger partial charge < -0.3 is 14.7 Å². The van der Waals surface area contributed by atoms with Crippen molar-refractivity contribution >= 4 is 5.91 Å². The van der Waals surface area contributed by atoms with Crippen molar-refractivity contribution in [3.8, 4) is 0 Å². The van der Waals surface area contributed by atoms with E-state index in [9.17, 15) is 4.79 Å². The Morgan fingerprint density at radius 1 is 1.50 bits per heavy atom. The summed E-state index contributed by atoms with van der Waals surface area (Å²) in [5.41, 5.74) is 1.18. The van der Waals surface area contributed by atoms with Gasteiger partial charge in [0.2, 0.25) is 0 Å². The summed E-state index contributed by atoms with van der Waals surface area (Å²) in [6.07, 6.45) is 0. The summed E-state index contributed by atoms with van der Waals surface area (Å²) in [5.74, 6) is 0.442. The molecule has 90 valence electrons. The Labute approximate surface area is 95.8 Å². The van der Waals surface area contributed by atoms with Crippen molar-refractivity contribution in [2.45, 2.75) is 26.8 Å². The van der Waals surface area contributed by atoms with E-state index < -0.39 is 0 Å².